The number of hydrogen-bond donors (Lipinski definition) is 1. The van der Waals surface area contributed by atoms with E-state index in [9.17, 15) is 23.1 Å². The maximum atomic E-state index is 13.1. The molecule has 1 N–H and O–H groups in total. The Bertz CT molecular complexity index is 787. The SMILES string of the molecule is O=C(OCc1ccccc1)N1C[C@H](O)[C@@H](N(Cc2ccccc2)CC(F)(F)F)C1. The van der Waals surface area contributed by atoms with E-state index in [2.05, 4.69) is 0 Å². The van der Waals surface area contributed by atoms with Crippen LogP contribution in [0.5, 0.6) is 0 Å². The minimum Gasteiger partial charge on any atom is -0.445 e. The number of alkyl halides is 3. The third-order valence-electron chi connectivity index (χ3n) is 4.80. The minimum absolute atomic E-state index is 0.0228. The normalized spacial score (nSPS) is 19.6. The molecule has 1 saturated heterocycles. The molecule has 8 heteroatoms. The fourth-order valence-corrected chi connectivity index (χ4v) is 3.43. The lowest BCUT2D eigenvalue weighted by atomic mass is 10.1. The van der Waals surface area contributed by atoms with Gasteiger partial charge in [-0.1, -0.05) is 60.7 Å². The van der Waals surface area contributed by atoms with Crippen LogP contribution in [0, 0.1) is 0 Å². The zero-order valence-electron chi connectivity index (χ0n) is 15.8. The molecular formula is C21H23F3N2O3. The van der Waals surface area contributed by atoms with E-state index < -0.39 is 31.0 Å². The lowest BCUT2D eigenvalue weighted by molar-refractivity contribution is -0.155. The largest absolute Gasteiger partial charge is 0.445 e. The number of hydrogen-bond acceptors (Lipinski definition) is 4. The number of rotatable bonds is 6. The van der Waals surface area contributed by atoms with Gasteiger partial charge in [-0.2, -0.15) is 13.2 Å². The van der Waals surface area contributed by atoms with Crippen molar-refractivity contribution in [2.45, 2.75) is 31.5 Å². The van der Waals surface area contributed by atoms with E-state index in [1.807, 2.05) is 18.2 Å². The molecule has 0 aliphatic carbocycles. The fourth-order valence-electron chi connectivity index (χ4n) is 3.43. The number of aliphatic hydroxyl groups excluding tert-OH is 1. The van der Waals surface area contributed by atoms with Crippen LogP contribution in [-0.4, -0.2) is 59.0 Å². The molecular weight excluding hydrogens is 385 g/mol. The van der Waals surface area contributed by atoms with Crippen molar-refractivity contribution in [3.63, 3.8) is 0 Å². The van der Waals surface area contributed by atoms with Gasteiger partial charge in [-0.05, 0) is 11.1 Å². The molecule has 5 nitrogen and oxygen atoms in total. The molecule has 2 aromatic rings. The highest BCUT2D eigenvalue weighted by Gasteiger charge is 2.42. The van der Waals surface area contributed by atoms with Crippen LogP contribution in [0.2, 0.25) is 0 Å². The van der Waals surface area contributed by atoms with Gasteiger partial charge in [-0.15, -0.1) is 0 Å². The van der Waals surface area contributed by atoms with Gasteiger partial charge in [0.05, 0.1) is 25.2 Å². The van der Waals surface area contributed by atoms with Gasteiger partial charge in [0.1, 0.15) is 6.61 Å². The predicted molar refractivity (Wildman–Crippen MR) is 101 cm³/mol. The first-order valence-electron chi connectivity index (χ1n) is 9.30. The predicted octanol–water partition coefficient (Wildman–Crippen LogP) is 3.43. The van der Waals surface area contributed by atoms with Crippen molar-refractivity contribution in [2.75, 3.05) is 19.6 Å². The Labute approximate surface area is 167 Å². The van der Waals surface area contributed by atoms with Gasteiger partial charge >= 0.3 is 12.3 Å². The third kappa shape index (κ3) is 6.20. The van der Waals surface area contributed by atoms with Crippen molar-refractivity contribution in [3.8, 4) is 0 Å². The highest BCUT2D eigenvalue weighted by atomic mass is 19.4. The number of likely N-dealkylation sites (tertiary alicyclic amines) is 1. The summed E-state index contributed by atoms with van der Waals surface area (Å²) in [6.07, 6.45) is -6.16. The van der Waals surface area contributed by atoms with Crippen LogP contribution in [0.15, 0.2) is 60.7 Å². The number of halogens is 3. The van der Waals surface area contributed by atoms with Crippen molar-refractivity contribution in [3.05, 3.63) is 71.8 Å². The second-order valence-electron chi connectivity index (χ2n) is 7.09. The highest BCUT2D eigenvalue weighted by Crippen LogP contribution is 2.25. The van der Waals surface area contributed by atoms with E-state index in [0.29, 0.717) is 5.56 Å². The molecule has 2 atom stereocenters. The molecule has 0 saturated carbocycles. The Morgan fingerprint density at radius 3 is 2.21 bits per heavy atom. The van der Waals surface area contributed by atoms with Gasteiger partial charge in [0, 0.05) is 13.1 Å². The molecule has 3 rings (SSSR count). The number of ether oxygens (including phenoxy) is 1. The van der Waals surface area contributed by atoms with E-state index in [1.165, 1.54) is 9.80 Å². The molecule has 0 unspecified atom stereocenters. The summed E-state index contributed by atoms with van der Waals surface area (Å²) in [6, 6.07) is 17.0. The zero-order chi connectivity index (χ0) is 20.9. The summed E-state index contributed by atoms with van der Waals surface area (Å²) >= 11 is 0. The van der Waals surface area contributed by atoms with Crippen LogP contribution in [-0.2, 0) is 17.9 Å². The van der Waals surface area contributed by atoms with Gasteiger partial charge in [-0.3, -0.25) is 4.90 Å². The first kappa shape index (κ1) is 21.1. The Morgan fingerprint density at radius 1 is 1.03 bits per heavy atom. The van der Waals surface area contributed by atoms with Crippen molar-refractivity contribution in [1.82, 2.24) is 9.80 Å². The Morgan fingerprint density at radius 2 is 1.62 bits per heavy atom. The number of benzene rings is 2. The number of carbonyl (C=O) groups excluding carboxylic acids is 1. The summed E-state index contributed by atoms with van der Waals surface area (Å²) in [5.41, 5.74) is 1.51. The molecule has 156 valence electrons. The maximum Gasteiger partial charge on any atom is 0.410 e. The smallest absolute Gasteiger partial charge is 0.410 e. The van der Waals surface area contributed by atoms with Crippen LogP contribution >= 0.6 is 0 Å². The van der Waals surface area contributed by atoms with Gasteiger partial charge in [-0.25, -0.2) is 4.79 Å². The van der Waals surface area contributed by atoms with E-state index in [-0.39, 0.29) is 26.2 Å². The summed E-state index contributed by atoms with van der Waals surface area (Å²) in [7, 11) is 0. The molecule has 1 aliphatic heterocycles. The average molecular weight is 408 g/mol. The molecule has 2 aromatic carbocycles. The van der Waals surface area contributed by atoms with Gasteiger partial charge in [0.25, 0.3) is 0 Å². The molecule has 0 spiro atoms. The summed E-state index contributed by atoms with van der Waals surface area (Å²) in [5, 5.41) is 10.4. The Hall–Kier alpha value is -2.58. The molecule has 0 radical (unpaired) electrons. The molecule has 1 amide bonds. The van der Waals surface area contributed by atoms with Crippen molar-refractivity contribution in [2.24, 2.45) is 0 Å². The number of nitrogens with zero attached hydrogens (tertiary/aromatic N) is 2. The highest BCUT2D eigenvalue weighted by molar-refractivity contribution is 5.68. The van der Waals surface area contributed by atoms with E-state index in [1.54, 1.807) is 42.5 Å². The van der Waals surface area contributed by atoms with E-state index in [4.69, 9.17) is 4.74 Å². The van der Waals surface area contributed by atoms with E-state index >= 15 is 0 Å². The third-order valence-corrected chi connectivity index (χ3v) is 4.80. The quantitative estimate of drug-likeness (QED) is 0.796. The molecule has 29 heavy (non-hydrogen) atoms. The molecule has 0 aromatic heterocycles. The number of aliphatic hydroxyl groups is 1. The second-order valence-corrected chi connectivity index (χ2v) is 7.09. The standard InChI is InChI=1S/C21H23F3N2O3/c22-21(23,24)15-26(11-16-7-3-1-4-8-16)18-12-25(13-19(18)27)20(28)29-14-17-9-5-2-6-10-17/h1-10,18-19,27H,11-15H2/t18-,19-/m0/s1. The topological polar surface area (TPSA) is 53.0 Å². The molecule has 0 bridgehead atoms. The van der Waals surface area contributed by atoms with Crippen LogP contribution < -0.4 is 0 Å². The lowest BCUT2D eigenvalue weighted by Crippen LogP contribution is -2.47. The van der Waals surface area contributed by atoms with Gasteiger partial charge in [0.2, 0.25) is 0 Å². The van der Waals surface area contributed by atoms with Crippen LogP contribution in [0.3, 0.4) is 0 Å². The zero-order valence-corrected chi connectivity index (χ0v) is 15.8. The Balaban J connectivity index is 1.64. The summed E-state index contributed by atoms with van der Waals surface area (Å²) in [5.74, 6) is 0. The average Bonchev–Trinajstić information content (AvgIpc) is 3.08. The summed E-state index contributed by atoms with van der Waals surface area (Å²) in [6.45, 7) is -1.18. The molecule has 1 heterocycles. The first-order valence-corrected chi connectivity index (χ1v) is 9.30. The monoisotopic (exact) mass is 408 g/mol. The second kappa shape index (κ2) is 9.28. The maximum absolute atomic E-state index is 13.1. The summed E-state index contributed by atoms with van der Waals surface area (Å²) in [4.78, 5) is 14.8. The van der Waals surface area contributed by atoms with Gasteiger partial charge < -0.3 is 14.7 Å². The van der Waals surface area contributed by atoms with Crippen molar-refractivity contribution in [1.29, 1.82) is 0 Å². The number of carbonyl (C=O) groups is 1. The van der Waals surface area contributed by atoms with E-state index in [0.717, 1.165) is 5.56 Å². The first-order chi connectivity index (χ1) is 13.8. The lowest BCUT2D eigenvalue weighted by Gasteiger charge is -2.31. The minimum atomic E-state index is -4.42. The van der Waals surface area contributed by atoms with Crippen LogP contribution in [0.25, 0.3) is 0 Å². The number of β-amino-alcohol motifs (C(OH)–C–C–N with tert-alkyl or cyclic N) is 1. The van der Waals surface area contributed by atoms with Crippen molar-refractivity contribution >= 4 is 6.09 Å². The van der Waals surface area contributed by atoms with Gasteiger partial charge in [0.15, 0.2) is 0 Å². The van der Waals surface area contributed by atoms with Crippen LogP contribution in [0.4, 0.5) is 18.0 Å². The molecule has 1 fully saturated rings. The van der Waals surface area contributed by atoms with Crippen molar-refractivity contribution < 1.29 is 27.8 Å². The Kier molecular flexibility index (Phi) is 6.76. The molecule has 1 aliphatic rings. The fraction of sp³-hybridized carbons (Fsp3) is 0.381. The van der Waals surface area contributed by atoms with Crippen LogP contribution in [0.1, 0.15) is 11.1 Å². The number of amides is 1. The summed E-state index contributed by atoms with van der Waals surface area (Å²) < 4.78 is 44.6.